The Kier molecular flexibility index (Phi) is 5.88. The Labute approximate surface area is 265 Å². The third-order valence-corrected chi connectivity index (χ3v) is 8.96. The van der Waals surface area contributed by atoms with Crippen LogP contribution in [0.1, 0.15) is 5.56 Å². The van der Waals surface area contributed by atoms with Gasteiger partial charge in [0.25, 0.3) is 0 Å². The minimum atomic E-state index is 0.633. The summed E-state index contributed by atoms with van der Waals surface area (Å²) in [5, 5.41) is 14.5. The van der Waals surface area contributed by atoms with Gasteiger partial charge in [-0.25, -0.2) is 0 Å². The molecule has 0 N–H and O–H groups in total. The smallest absolute Gasteiger partial charge is 0.135 e. The molecule has 9 aromatic rings. The van der Waals surface area contributed by atoms with E-state index in [1.54, 1.807) is 0 Å². The van der Waals surface area contributed by atoms with Crippen molar-refractivity contribution >= 4 is 43.9 Å². The van der Waals surface area contributed by atoms with Crippen LogP contribution in [0, 0.1) is 11.3 Å². The summed E-state index contributed by atoms with van der Waals surface area (Å²) in [6.07, 6.45) is 0. The molecule has 0 aliphatic rings. The molecular formula is C43H25NO2. The minimum Gasteiger partial charge on any atom is -0.456 e. The molecule has 3 heteroatoms. The van der Waals surface area contributed by atoms with E-state index in [2.05, 4.69) is 91.0 Å². The summed E-state index contributed by atoms with van der Waals surface area (Å²) in [5.74, 6) is 0. The fraction of sp³-hybridized carbons (Fsp3) is 0. The van der Waals surface area contributed by atoms with Gasteiger partial charge in [0.1, 0.15) is 22.3 Å². The van der Waals surface area contributed by atoms with Crippen LogP contribution >= 0.6 is 0 Å². The van der Waals surface area contributed by atoms with E-state index in [1.807, 2.05) is 66.7 Å². The number of benzene rings is 7. The van der Waals surface area contributed by atoms with E-state index in [-0.39, 0.29) is 0 Å². The van der Waals surface area contributed by atoms with E-state index in [0.29, 0.717) is 5.56 Å². The van der Waals surface area contributed by atoms with Gasteiger partial charge in [-0.1, -0.05) is 97.1 Å². The molecule has 0 unspecified atom stereocenters. The minimum absolute atomic E-state index is 0.633. The second-order valence-electron chi connectivity index (χ2n) is 11.6. The second kappa shape index (κ2) is 10.4. The van der Waals surface area contributed by atoms with Crippen LogP contribution in [0.2, 0.25) is 0 Å². The lowest BCUT2D eigenvalue weighted by Gasteiger charge is -2.19. The van der Waals surface area contributed by atoms with Crippen molar-refractivity contribution in [2.24, 2.45) is 0 Å². The molecule has 3 nitrogen and oxygen atoms in total. The van der Waals surface area contributed by atoms with Crippen LogP contribution in [0.25, 0.3) is 88.4 Å². The molecule has 46 heavy (non-hydrogen) atoms. The Balaban J connectivity index is 1.37. The molecule has 9 rings (SSSR count). The average molecular weight is 588 g/mol. The predicted octanol–water partition coefficient (Wildman–Crippen LogP) is 12.0. The van der Waals surface area contributed by atoms with Gasteiger partial charge in [-0.2, -0.15) is 5.26 Å². The zero-order chi connectivity index (χ0) is 30.6. The van der Waals surface area contributed by atoms with Crippen LogP contribution in [-0.4, -0.2) is 0 Å². The molecule has 214 valence electrons. The molecule has 2 heterocycles. The summed E-state index contributed by atoms with van der Waals surface area (Å²) >= 11 is 0. The molecule has 0 saturated carbocycles. The first kappa shape index (κ1) is 26.1. The van der Waals surface area contributed by atoms with Crippen molar-refractivity contribution in [3.63, 3.8) is 0 Å². The molecule has 0 fully saturated rings. The number of hydrogen-bond acceptors (Lipinski definition) is 3. The molecule has 0 saturated heterocycles. The zero-order valence-corrected chi connectivity index (χ0v) is 24.7. The Morgan fingerprint density at radius 1 is 0.348 bits per heavy atom. The first-order chi connectivity index (χ1) is 22.7. The SMILES string of the molecule is N#Cc1ccccc1-c1cc(-c2ccc3oc4ccccc4c3c2)c(-c2ccccc2)cc1-c1ccc2oc3ccccc3c2c1. The molecule has 0 aliphatic carbocycles. The Bertz CT molecular complexity index is 2650. The maximum Gasteiger partial charge on any atom is 0.135 e. The highest BCUT2D eigenvalue weighted by Crippen LogP contribution is 2.45. The standard InChI is InChI=1S/C43H25NO2/c44-26-30-12-4-5-13-31(30)37-25-35(28-18-20-42-38(22-28)32-14-6-8-16-40(32)45-42)34(27-10-2-1-3-11-27)24-36(37)29-19-21-43-39(23-29)33-15-7-9-17-41(33)46-43/h1-25H. The van der Waals surface area contributed by atoms with Crippen LogP contribution in [0.3, 0.4) is 0 Å². The molecular weight excluding hydrogens is 562 g/mol. The van der Waals surface area contributed by atoms with Gasteiger partial charge < -0.3 is 8.83 Å². The van der Waals surface area contributed by atoms with Gasteiger partial charge >= 0.3 is 0 Å². The highest BCUT2D eigenvalue weighted by molar-refractivity contribution is 6.09. The number of fused-ring (bicyclic) bond motifs is 6. The summed E-state index contributed by atoms with van der Waals surface area (Å²) in [6, 6.07) is 54.5. The van der Waals surface area contributed by atoms with Crippen molar-refractivity contribution in [3.05, 3.63) is 157 Å². The second-order valence-corrected chi connectivity index (χ2v) is 11.6. The third kappa shape index (κ3) is 4.13. The van der Waals surface area contributed by atoms with Crippen LogP contribution in [0.4, 0.5) is 0 Å². The van der Waals surface area contributed by atoms with Crippen molar-refractivity contribution in [3.8, 4) is 50.6 Å². The summed E-state index contributed by atoms with van der Waals surface area (Å²) in [5.41, 5.74) is 12.5. The largest absolute Gasteiger partial charge is 0.456 e. The molecule has 0 aliphatic heterocycles. The van der Waals surface area contributed by atoms with Gasteiger partial charge in [0, 0.05) is 27.1 Å². The number of rotatable bonds is 4. The van der Waals surface area contributed by atoms with E-state index in [0.717, 1.165) is 88.4 Å². The fourth-order valence-electron chi connectivity index (χ4n) is 6.76. The topological polar surface area (TPSA) is 50.1 Å². The summed E-state index contributed by atoms with van der Waals surface area (Å²) in [4.78, 5) is 0. The third-order valence-electron chi connectivity index (χ3n) is 8.96. The number of para-hydroxylation sites is 2. The molecule has 0 atom stereocenters. The zero-order valence-electron chi connectivity index (χ0n) is 24.7. The molecule has 7 aromatic carbocycles. The summed E-state index contributed by atoms with van der Waals surface area (Å²) in [7, 11) is 0. The van der Waals surface area contributed by atoms with Crippen molar-refractivity contribution in [1.29, 1.82) is 5.26 Å². The molecule has 2 aromatic heterocycles. The highest BCUT2D eigenvalue weighted by Gasteiger charge is 2.20. The van der Waals surface area contributed by atoms with Gasteiger partial charge in [-0.05, 0) is 93.5 Å². The van der Waals surface area contributed by atoms with E-state index in [4.69, 9.17) is 8.83 Å². The highest BCUT2D eigenvalue weighted by atomic mass is 16.3. The van der Waals surface area contributed by atoms with Crippen LogP contribution in [0.5, 0.6) is 0 Å². The van der Waals surface area contributed by atoms with Crippen molar-refractivity contribution in [1.82, 2.24) is 0 Å². The van der Waals surface area contributed by atoms with Crippen molar-refractivity contribution < 1.29 is 8.83 Å². The number of hydrogen-bond donors (Lipinski definition) is 0. The maximum atomic E-state index is 10.2. The molecule has 0 radical (unpaired) electrons. The van der Waals surface area contributed by atoms with Gasteiger partial charge in [0.15, 0.2) is 0 Å². The number of furan rings is 2. The Hall–Kier alpha value is -6.37. The fourth-order valence-corrected chi connectivity index (χ4v) is 6.76. The quantitative estimate of drug-likeness (QED) is 0.206. The number of nitrogens with zero attached hydrogens (tertiary/aromatic N) is 1. The lowest BCUT2D eigenvalue weighted by molar-refractivity contribution is 0.668. The first-order valence-corrected chi connectivity index (χ1v) is 15.3. The molecule has 0 spiro atoms. The van der Waals surface area contributed by atoms with Crippen molar-refractivity contribution in [2.45, 2.75) is 0 Å². The van der Waals surface area contributed by atoms with Gasteiger partial charge in [-0.15, -0.1) is 0 Å². The van der Waals surface area contributed by atoms with Gasteiger partial charge in [-0.3, -0.25) is 0 Å². The lowest BCUT2D eigenvalue weighted by atomic mass is 9.84. The Morgan fingerprint density at radius 3 is 1.46 bits per heavy atom. The van der Waals surface area contributed by atoms with E-state index >= 15 is 0 Å². The predicted molar refractivity (Wildman–Crippen MR) is 187 cm³/mol. The number of nitriles is 1. The first-order valence-electron chi connectivity index (χ1n) is 15.3. The lowest BCUT2D eigenvalue weighted by Crippen LogP contribution is -1.94. The Morgan fingerprint density at radius 2 is 0.826 bits per heavy atom. The summed E-state index contributed by atoms with van der Waals surface area (Å²) in [6.45, 7) is 0. The molecule has 0 bridgehead atoms. The van der Waals surface area contributed by atoms with Crippen LogP contribution < -0.4 is 0 Å². The normalized spacial score (nSPS) is 11.5. The average Bonchev–Trinajstić information content (AvgIpc) is 3.69. The summed E-state index contributed by atoms with van der Waals surface area (Å²) < 4.78 is 12.3. The van der Waals surface area contributed by atoms with Gasteiger partial charge in [0.2, 0.25) is 0 Å². The monoisotopic (exact) mass is 587 g/mol. The van der Waals surface area contributed by atoms with Gasteiger partial charge in [0.05, 0.1) is 11.6 Å². The van der Waals surface area contributed by atoms with Crippen LogP contribution in [-0.2, 0) is 0 Å². The maximum absolute atomic E-state index is 10.2. The van der Waals surface area contributed by atoms with E-state index < -0.39 is 0 Å². The molecule has 0 amide bonds. The van der Waals surface area contributed by atoms with E-state index in [1.165, 1.54) is 0 Å². The van der Waals surface area contributed by atoms with E-state index in [9.17, 15) is 5.26 Å². The van der Waals surface area contributed by atoms with Crippen molar-refractivity contribution in [2.75, 3.05) is 0 Å². The van der Waals surface area contributed by atoms with Crippen LogP contribution in [0.15, 0.2) is 160 Å².